The summed E-state index contributed by atoms with van der Waals surface area (Å²) in [6, 6.07) is 10.2. The fourth-order valence-corrected chi connectivity index (χ4v) is 5.52. The molecule has 0 radical (unpaired) electrons. The van der Waals surface area contributed by atoms with Crippen molar-refractivity contribution >= 4 is 50.5 Å². The molecule has 0 spiro atoms. The van der Waals surface area contributed by atoms with Gasteiger partial charge in [-0.15, -0.1) is 11.3 Å². The number of H-pyrrole nitrogens is 1. The van der Waals surface area contributed by atoms with Crippen molar-refractivity contribution in [1.82, 2.24) is 4.98 Å². The highest BCUT2D eigenvalue weighted by Gasteiger charge is 2.31. The molecule has 0 aliphatic heterocycles. The molecule has 2 atom stereocenters. The first kappa shape index (κ1) is 18.1. The lowest BCUT2D eigenvalue weighted by atomic mass is 9.88. The van der Waals surface area contributed by atoms with E-state index >= 15 is 0 Å². The van der Waals surface area contributed by atoms with Crippen LogP contribution in [-0.2, 0) is 6.42 Å². The minimum atomic E-state index is 0.0941. The van der Waals surface area contributed by atoms with Crippen molar-refractivity contribution < 1.29 is 9.90 Å². The van der Waals surface area contributed by atoms with E-state index in [-0.39, 0.29) is 18.3 Å². The molecule has 1 aromatic carbocycles. The van der Waals surface area contributed by atoms with Crippen LogP contribution in [0.4, 0.5) is 0 Å². The Balaban J connectivity index is 1.37. The highest BCUT2D eigenvalue weighted by atomic mass is 35.5. The molecular weight excluding hydrogens is 389 g/mol. The summed E-state index contributed by atoms with van der Waals surface area (Å²) in [5, 5.41) is 10.3. The number of aliphatic hydroxyl groups excluding tert-OH is 1. The van der Waals surface area contributed by atoms with Gasteiger partial charge in [0.2, 0.25) is 0 Å². The van der Waals surface area contributed by atoms with Crippen molar-refractivity contribution in [1.29, 1.82) is 0 Å². The summed E-state index contributed by atoms with van der Waals surface area (Å²) in [5.74, 6) is 0.695. The molecule has 1 aliphatic carbocycles. The minimum absolute atomic E-state index is 0.0941. The topological polar surface area (TPSA) is 53.1 Å². The Bertz CT molecular complexity index is 962. The van der Waals surface area contributed by atoms with Crippen molar-refractivity contribution in [3.05, 3.63) is 56.5 Å². The number of carbonyl (C=O) groups excluding carboxylic acids is 1. The van der Waals surface area contributed by atoms with E-state index in [0.29, 0.717) is 27.4 Å². The Hall–Kier alpha value is -1.33. The van der Waals surface area contributed by atoms with Crippen LogP contribution >= 0.6 is 34.5 Å². The first-order valence-electron chi connectivity index (χ1n) is 8.77. The summed E-state index contributed by atoms with van der Waals surface area (Å²) in [7, 11) is 0. The summed E-state index contributed by atoms with van der Waals surface area (Å²) in [6.45, 7) is 0.168. The number of hydrogen-bond acceptors (Lipinski definition) is 3. The van der Waals surface area contributed by atoms with Crippen LogP contribution < -0.4 is 0 Å². The Kier molecular flexibility index (Phi) is 5.11. The number of halogens is 2. The molecule has 136 valence electrons. The predicted molar refractivity (Wildman–Crippen MR) is 108 cm³/mol. The van der Waals surface area contributed by atoms with E-state index < -0.39 is 0 Å². The smallest absolute Gasteiger partial charge is 0.179 e. The number of aromatic amines is 1. The van der Waals surface area contributed by atoms with E-state index in [4.69, 9.17) is 23.2 Å². The van der Waals surface area contributed by atoms with Crippen LogP contribution in [0.1, 0.15) is 46.8 Å². The molecule has 0 bridgehead atoms. The predicted octanol–water partition coefficient (Wildman–Crippen LogP) is 5.84. The molecule has 3 aromatic rings. The summed E-state index contributed by atoms with van der Waals surface area (Å²) >= 11 is 13.5. The fraction of sp³-hybridized carbons (Fsp3) is 0.350. The van der Waals surface area contributed by atoms with Crippen LogP contribution in [0.15, 0.2) is 30.3 Å². The number of aliphatic hydroxyl groups is 1. The molecule has 2 N–H and O–H groups in total. The molecule has 26 heavy (non-hydrogen) atoms. The SMILES string of the molecule is O=C(CCCC1Cc2ccccc2[C@H]1CO)c1cc2sc(Cl)c(Cl)c2[nH]1. The van der Waals surface area contributed by atoms with Gasteiger partial charge in [-0.1, -0.05) is 47.5 Å². The van der Waals surface area contributed by atoms with Crippen molar-refractivity contribution in [3.8, 4) is 0 Å². The van der Waals surface area contributed by atoms with Gasteiger partial charge in [-0.25, -0.2) is 0 Å². The third kappa shape index (κ3) is 3.20. The largest absolute Gasteiger partial charge is 0.396 e. The number of fused-ring (bicyclic) bond motifs is 2. The highest BCUT2D eigenvalue weighted by Crippen LogP contribution is 2.41. The second-order valence-corrected chi connectivity index (χ2v) is 8.91. The first-order valence-corrected chi connectivity index (χ1v) is 10.3. The number of carbonyl (C=O) groups is 1. The van der Waals surface area contributed by atoms with Gasteiger partial charge in [0.25, 0.3) is 0 Å². The molecule has 1 unspecified atom stereocenters. The molecule has 4 rings (SSSR count). The Morgan fingerprint density at radius 1 is 1.31 bits per heavy atom. The van der Waals surface area contributed by atoms with Crippen LogP contribution in [0.5, 0.6) is 0 Å². The minimum Gasteiger partial charge on any atom is -0.396 e. The van der Waals surface area contributed by atoms with E-state index in [0.717, 1.165) is 29.5 Å². The molecule has 2 heterocycles. The van der Waals surface area contributed by atoms with Crippen LogP contribution in [0.25, 0.3) is 10.2 Å². The zero-order chi connectivity index (χ0) is 18.3. The third-order valence-corrected chi connectivity index (χ3v) is 7.29. The maximum Gasteiger partial charge on any atom is 0.179 e. The molecule has 2 aromatic heterocycles. The lowest BCUT2D eigenvalue weighted by Crippen LogP contribution is -2.12. The van der Waals surface area contributed by atoms with E-state index in [1.54, 1.807) is 0 Å². The van der Waals surface area contributed by atoms with Crippen molar-refractivity contribution in [2.75, 3.05) is 6.61 Å². The molecule has 6 heteroatoms. The number of benzene rings is 1. The average molecular weight is 408 g/mol. The number of thiophene rings is 1. The summed E-state index contributed by atoms with van der Waals surface area (Å²) in [4.78, 5) is 15.6. The maximum absolute atomic E-state index is 12.5. The Morgan fingerprint density at radius 3 is 2.88 bits per heavy atom. The number of rotatable bonds is 6. The second-order valence-electron chi connectivity index (χ2n) is 6.88. The molecule has 0 saturated carbocycles. The molecule has 0 amide bonds. The lowest BCUT2D eigenvalue weighted by Gasteiger charge is -2.17. The van der Waals surface area contributed by atoms with E-state index in [2.05, 4.69) is 17.1 Å². The van der Waals surface area contributed by atoms with Gasteiger partial charge in [0, 0.05) is 12.3 Å². The van der Waals surface area contributed by atoms with Gasteiger partial charge in [-0.3, -0.25) is 4.79 Å². The van der Waals surface area contributed by atoms with E-state index in [1.165, 1.54) is 22.5 Å². The van der Waals surface area contributed by atoms with Crippen LogP contribution in [0, 0.1) is 5.92 Å². The van der Waals surface area contributed by atoms with E-state index in [1.807, 2.05) is 18.2 Å². The zero-order valence-electron chi connectivity index (χ0n) is 14.1. The number of Topliss-reactive ketones (excluding diaryl/α,β-unsaturated/α-hetero) is 1. The Morgan fingerprint density at radius 2 is 2.12 bits per heavy atom. The third-order valence-electron chi connectivity index (χ3n) is 5.35. The van der Waals surface area contributed by atoms with Gasteiger partial charge in [0.15, 0.2) is 5.78 Å². The molecule has 3 nitrogen and oxygen atoms in total. The highest BCUT2D eigenvalue weighted by molar-refractivity contribution is 7.23. The first-order chi connectivity index (χ1) is 12.6. The second kappa shape index (κ2) is 7.35. The molecule has 0 fully saturated rings. The van der Waals surface area contributed by atoms with Crippen LogP contribution in [0.3, 0.4) is 0 Å². The molecule has 1 aliphatic rings. The number of hydrogen-bond donors (Lipinski definition) is 2. The normalized spacial score (nSPS) is 19.2. The van der Waals surface area contributed by atoms with Gasteiger partial charge < -0.3 is 10.1 Å². The van der Waals surface area contributed by atoms with Gasteiger partial charge in [0.1, 0.15) is 4.34 Å². The monoisotopic (exact) mass is 407 g/mol. The van der Waals surface area contributed by atoms with Gasteiger partial charge in [0.05, 0.1) is 27.5 Å². The van der Waals surface area contributed by atoms with Gasteiger partial charge in [-0.2, -0.15) is 0 Å². The van der Waals surface area contributed by atoms with Crippen molar-refractivity contribution in [3.63, 3.8) is 0 Å². The molecule has 0 saturated heterocycles. The van der Waals surface area contributed by atoms with Crippen LogP contribution in [-0.4, -0.2) is 22.5 Å². The van der Waals surface area contributed by atoms with Crippen molar-refractivity contribution in [2.24, 2.45) is 5.92 Å². The van der Waals surface area contributed by atoms with E-state index in [9.17, 15) is 9.90 Å². The van der Waals surface area contributed by atoms with Gasteiger partial charge >= 0.3 is 0 Å². The Labute approximate surface area is 165 Å². The number of nitrogens with one attached hydrogen (secondary N) is 1. The lowest BCUT2D eigenvalue weighted by molar-refractivity contribution is 0.0972. The maximum atomic E-state index is 12.5. The van der Waals surface area contributed by atoms with Crippen LogP contribution in [0.2, 0.25) is 9.36 Å². The quantitative estimate of drug-likeness (QED) is 0.504. The number of aromatic nitrogens is 1. The summed E-state index contributed by atoms with van der Waals surface area (Å²) in [5.41, 5.74) is 3.94. The fourth-order valence-electron chi connectivity index (χ4n) is 4.04. The molecular formula is C20H19Cl2NO2S. The summed E-state index contributed by atoms with van der Waals surface area (Å²) < 4.78 is 1.46. The standard InChI is InChI=1S/C20H19Cl2NO2S/c21-18-19-17(26-20(18)22)9-15(23-19)16(25)7-3-5-12-8-11-4-1-2-6-13(11)14(12)10-24/h1-2,4,6,9,12,14,23-24H,3,5,7-8,10H2/t12?,14-/m0/s1. The zero-order valence-corrected chi connectivity index (χ0v) is 16.4. The number of ketones is 1. The van der Waals surface area contributed by atoms with Crippen molar-refractivity contribution in [2.45, 2.75) is 31.6 Å². The average Bonchev–Trinajstić information content (AvgIpc) is 3.28. The summed E-state index contributed by atoms with van der Waals surface area (Å²) in [6.07, 6.45) is 3.23. The van der Waals surface area contributed by atoms with Gasteiger partial charge in [-0.05, 0) is 42.4 Å².